The minimum absolute atomic E-state index is 0.0835. The fraction of sp³-hybridized carbons (Fsp3) is 0.609. The van der Waals surface area contributed by atoms with Crippen LogP contribution in [0.4, 0.5) is 0 Å². The predicted octanol–water partition coefficient (Wildman–Crippen LogP) is 3.89. The van der Waals surface area contributed by atoms with Crippen LogP contribution in [0.5, 0.6) is 5.75 Å². The first kappa shape index (κ1) is 23.0. The van der Waals surface area contributed by atoms with Crippen molar-refractivity contribution in [3.8, 4) is 5.75 Å². The molecule has 0 aliphatic carbocycles. The van der Waals surface area contributed by atoms with Crippen molar-refractivity contribution in [1.82, 2.24) is 15.6 Å². The highest BCUT2D eigenvalue weighted by Gasteiger charge is 2.39. The molecule has 1 aromatic heterocycles. The zero-order chi connectivity index (χ0) is 21.9. The molecule has 0 bridgehead atoms. The number of H-pyrrole nitrogens is 1. The van der Waals surface area contributed by atoms with Crippen LogP contribution in [-0.4, -0.2) is 44.6 Å². The van der Waals surface area contributed by atoms with E-state index in [1.807, 2.05) is 6.07 Å². The number of pyridine rings is 1. The number of aromatic nitrogens is 1. The maximum absolute atomic E-state index is 11.8. The third-order valence-electron chi connectivity index (χ3n) is 6.72. The van der Waals surface area contributed by atoms with Gasteiger partial charge < -0.3 is 25.2 Å². The van der Waals surface area contributed by atoms with Gasteiger partial charge in [0.15, 0.2) is 8.32 Å². The van der Waals surface area contributed by atoms with E-state index >= 15 is 0 Å². The van der Waals surface area contributed by atoms with Crippen molar-refractivity contribution < 1.29 is 9.53 Å². The summed E-state index contributed by atoms with van der Waals surface area (Å²) in [4.78, 5) is 14.6. The third-order valence-corrected chi connectivity index (χ3v) is 11.2. The lowest BCUT2D eigenvalue weighted by atomic mass is 9.98. The van der Waals surface area contributed by atoms with Crippen molar-refractivity contribution >= 4 is 19.2 Å². The highest BCUT2D eigenvalue weighted by molar-refractivity contribution is 6.74. The maximum Gasteiger partial charge on any atom is 0.248 e. The number of fused-ring (bicyclic) bond motifs is 1. The molecule has 2 aromatic rings. The van der Waals surface area contributed by atoms with Crippen LogP contribution in [0.25, 0.3) is 10.9 Å². The zero-order valence-electron chi connectivity index (χ0n) is 19.0. The Labute approximate surface area is 180 Å². The molecule has 1 atom stereocenters. The molecule has 2 heterocycles. The molecule has 0 saturated carbocycles. The molecule has 30 heavy (non-hydrogen) atoms. The number of nitrogens with one attached hydrogen (secondary N) is 3. The van der Waals surface area contributed by atoms with E-state index in [1.165, 1.54) is 18.9 Å². The topological polar surface area (TPSA) is 86.4 Å². The van der Waals surface area contributed by atoms with E-state index in [-0.39, 0.29) is 22.5 Å². The quantitative estimate of drug-likeness (QED) is 0.500. The average Bonchev–Trinajstić information content (AvgIpc) is 2.68. The van der Waals surface area contributed by atoms with Gasteiger partial charge in [-0.3, -0.25) is 4.79 Å². The number of piperidine rings is 1. The van der Waals surface area contributed by atoms with Crippen molar-refractivity contribution in [2.75, 3.05) is 26.2 Å². The molecular formula is C23H37N3O3Si. The number of hydrogen-bond acceptors (Lipinski definition) is 5. The Morgan fingerprint density at radius 3 is 2.57 bits per heavy atom. The third kappa shape index (κ3) is 5.32. The molecule has 0 unspecified atom stereocenters. The van der Waals surface area contributed by atoms with Crippen LogP contribution in [0.3, 0.4) is 0 Å². The highest BCUT2D eigenvalue weighted by atomic mass is 28.4. The second-order valence-corrected chi connectivity index (χ2v) is 14.8. The first-order valence-corrected chi connectivity index (χ1v) is 13.9. The van der Waals surface area contributed by atoms with Crippen LogP contribution in [0, 0.1) is 5.92 Å². The number of hydrogen-bond donors (Lipinski definition) is 4. The van der Waals surface area contributed by atoms with E-state index in [0.717, 1.165) is 30.6 Å². The number of aromatic amines is 1. The molecule has 0 spiro atoms. The summed E-state index contributed by atoms with van der Waals surface area (Å²) in [6.07, 6.45) is 2.25. The SMILES string of the molecule is CC(C)(C)[Si](C)(C)O[C@@H](CNCC1CCNCC1)c1ccc(O)c2[nH]c(=O)ccc12. The van der Waals surface area contributed by atoms with Gasteiger partial charge in [-0.05, 0) is 74.2 Å². The summed E-state index contributed by atoms with van der Waals surface area (Å²) in [5.74, 6) is 0.771. The first-order valence-electron chi connectivity index (χ1n) is 11.0. The van der Waals surface area contributed by atoms with Crippen molar-refractivity contribution in [2.45, 2.75) is 57.8 Å². The van der Waals surface area contributed by atoms with E-state index in [9.17, 15) is 9.90 Å². The van der Waals surface area contributed by atoms with Crippen molar-refractivity contribution in [3.63, 3.8) is 0 Å². The second kappa shape index (κ2) is 9.22. The smallest absolute Gasteiger partial charge is 0.248 e. The van der Waals surface area contributed by atoms with Gasteiger partial charge in [-0.25, -0.2) is 0 Å². The monoisotopic (exact) mass is 431 g/mol. The molecule has 1 saturated heterocycles. The molecule has 1 aromatic carbocycles. The lowest BCUT2D eigenvalue weighted by Gasteiger charge is -2.40. The number of rotatable bonds is 7. The lowest BCUT2D eigenvalue weighted by molar-refractivity contribution is 0.178. The number of aromatic hydroxyl groups is 1. The Kier molecular flexibility index (Phi) is 7.07. The van der Waals surface area contributed by atoms with E-state index in [1.54, 1.807) is 12.1 Å². The first-order chi connectivity index (χ1) is 14.1. The maximum atomic E-state index is 11.8. The number of phenolic OH excluding ortho intramolecular Hbond substituents is 1. The summed E-state index contributed by atoms with van der Waals surface area (Å²) in [5.41, 5.74) is 1.25. The lowest BCUT2D eigenvalue weighted by Crippen LogP contribution is -2.44. The fourth-order valence-electron chi connectivity index (χ4n) is 3.79. The van der Waals surface area contributed by atoms with Gasteiger partial charge in [0.1, 0.15) is 5.75 Å². The fourth-order valence-corrected chi connectivity index (χ4v) is 5.07. The molecule has 3 rings (SSSR count). The van der Waals surface area contributed by atoms with Crippen LogP contribution >= 0.6 is 0 Å². The molecule has 4 N–H and O–H groups in total. The molecule has 1 aliphatic heterocycles. The summed E-state index contributed by atoms with van der Waals surface area (Å²) < 4.78 is 6.85. The Morgan fingerprint density at radius 2 is 1.90 bits per heavy atom. The van der Waals surface area contributed by atoms with Crippen molar-refractivity contribution in [1.29, 1.82) is 0 Å². The largest absolute Gasteiger partial charge is 0.506 e. The van der Waals surface area contributed by atoms with Crippen LogP contribution in [0.1, 0.15) is 45.3 Å². The van der Waals surface area contributed by atoms with Crippen LogP contribution in [-0.2, 0) is 4.43 Å². The van der Waals surface area contributed by atoms with Gasteiger partial charge in [-0.15, -0.1) is 0 Å². The van der Waals surface area contributed by atoms with Crippen LogP contribution < -0.4 is 16.2 Å². The van der Waals surface area contributed by atoms with Crippen molar-refractivity contribution in [3.05, 3.63) is 40.2 Å². The van der Waals surface area contributed by atoms with Gasteiger partial charge in [0.2, 0.25) is 5.56 Å². The minimum atomic E-state index is -2.04. The number of phenols is 1. The molecule has 0 radical (unpaired) electrons. The van der Waals surface area contributed by atoms with Gasteiger partial charge in [-0.2, -0.15) is 0 Å². The highest BCUT2D eigenvalue weighted by Crippen LogP contribution is 2.41. The average molecular weight is 432 g/mol. The van der Waals surface area contributed by atoms with E-state index in [2.05, 4.69) is 49.5 Å². The zero-order valence-corrected chi connectivity index (χ0v) is 20.0. The molecule has 166 valence electrons. The summed E-state index contributed by atoms with van der Waals surface area (Å²) in [7, 11) is -2.04. The Bertz CT molecular complexity index is 914. The van der Waals surface area contributed by atoms with Gasteiger partial charge in [-0.1, -0.05) is 26.8 Å². The summed E-state index contributed by atoms with van der Waals surface area (Å²) in [6, 6.07) is 6.89. The van der Waals surface area contributed by atoms with Gasteiger partial charge in [0.05, 0.1) is 11.6 Å². The molecule has 1 aliphatic rings. The number of benzene rings is 1. The normalized spacial score (nSPS) is 17.4. The Morgan fingerprint density at radius 1 is 1.20 bits per heavy atom. The second-order valence-electron chi connectivity index (χ2n) is 10.0. The van der Waals surface area contributed by atoms with Crippen molar-refractivity contribution in [2.24, 2.45) is 5.92 Å². The summed E-state index contributed by atoms with van der Waals surface area (Å²) in [5, 5.41) is 18.3. The van der Waals surface area contributed by atoms with Gasteiger partial charge in [0.25, 0.3) is 0 Å². The molecule has 1 fully saturated rings. The predicted molar refractivity (Wildman–Crippen MR) is 126 cm³/mol. The summed E-state index contributed by atoms with van der Waals surface area (Å²) >= 11 is 0. The Balaban J connectivity index is 1.89. The standard InChI is InChI=1S/C23H37N3O3Si/c1-23(2,3)30(4,5)29-20(15-25-14-16-10-12-24-13-11-16)17-6-8-19(27)22-18(17)7-9-21(28)26-22/h6-9,16,20,24-25,27H,10-15H2,1-5H3,(H,26,28)/t20-/m0/s1. The van der Waals surface area contributed by atoms with Gasteiger partial charge in [0, 0.05) is 18.0 Å². The molecular weight excluding hydrogens is 394 g/mol. The molecule has 0 amide bonds. The van der Waals surface area contributed by atoms with E-state index in [4.69, 9.17) is 4.43 Å². The Hall–Kier alpha value is -1.67. The molecule has 6 nitrogen and oxygen atoms in total. The molecule has 7 heteroatoms. The summed E-state index contributed by atoms with van der Waals surface area (Å²) in [6.45, 7) is 15.1. The van der Waals surface area contributed by atoms with Crippen LogP contribution in [0.15, 0.2) is 29.1 Å². The van der Waals surface area contributed by atoms with Gasteiger partial charge >= 0.3 is 0 Å². The van der Waals surface area contributed by atoms with Crippen LogP contribution in [0.2, 0.25) is 18.1 Å². The van der Waals surface area contributed by atoms with E-state index < -0.39 is 8.32 Å². The minimum Gasteiger partial charge on any atom is -0.506 e. The van der Waals surface area contributed by atoms with E-state index in [0.29, 0.717) is 18.0 Å².